The molecule has 0 radical (unpaired) electrons. The maximum absolute atomic E-state index is 12.8. The number of nitrogens with one attached hydrogen (secondary N) is 1. The highest BCUT2D eigenvalue weighted by Gasteiger charge is 2.07. The van der Waals surface area contributed by atoms with Crippen LogP contribution in [0.15, 0.2) is 35.7 Å². The van der Waals surface area contributed by atoms with E-state index in [2.05, 4.69) is 5.32 Å². The highest BCUT2D eigenvalue weighted by Crippen LogP contribution is 2.19. The first-order valence-corrected chi connectivity index (χ1v) is 5.90. The molecular weight excluding hydrogens is 239 g/mol. The smallest absolute Gasteiger partial charge is 0.229 e. The van der Waals surface area contributed by atoms with Crippen molar-refractivity contribution < 1.29 is 9.18 Å². The molecule has 5 heteroatoms. The largest absolute Gasteiger partial charge is 0.397 e. The van der Waals surface area contributed by atoms with E-state index in [0.29, 0.717) is 12.1 Å². The molecule has 0 aliphatic rings. The van der Waals surface area contributed by atoms with Gasteiger partial charge < -0.3 is 11.1 Å². The summed E-state index contributed by atoms with van der Waals surface area (Å²) in [5.74, 6) is -0.579. The molecule has 1 amide bonds. The molecule has 0 atom stereocenters. The van der Waals surface area contributed by atoms with Crippen molar-refractivity contribution in [3.05, 3.63) is 46.4 Å². The van der Waals surface area contributed by atoms with E-state index in [-0.39, 0.29) is 11.6 Å². The van der Waals surface area contributed by atoms with Crippen molar-refractivity contribution in [3.8, 4) is 0 Å². The minimum atomic E-state index is -0.418. The highest BCUT2D eigenvalue weighted by molar-refractivity contribution is 7.10. The molecule has 0 bridgehead atoms. The number of hydrogen-bond acceptors (Lipinski definition) is 3. The van der Waals surface area contributed by atoms with Crippen LogP contribution in [0.4, 0.5) is 15.8 Å². The molecule has 0 unspecified atom stereocenters. The van der Waals surface area contributed by atoms with E-state index in [1.165, 1.54) is 29.5 Å². The number of thiophene rings is 1. The van der Waals surface area contributed by atoms with E-state index < -0.39 is 5.82 Å². The monoisotopic (exact) mass is 250 g/mol. The minimum Gasteiger partial charge on any atom is -0.397 e. The molecule has 1 aromatic heterocycles. The van der Waals surface area contributed by atoms with Gasteiger partial charge in [0.05, 0.1) is 17.8 Å². The standard InChI is InChI=1S/C12H11FN2OS/c13-8-3-4-11(10(14)6-8)15-12(16)7-9-2-1-5-17-9/h1-6H,7,14H2,(H,15,16). The lowest BCUT2D eigenvalue weighted by atomic mass is 10.2. The number of amides is 1. The fourth-order valence-corrected chi connectivity index (χ4v) is 2.12. The number of carbonyl (C=O) groups excluding carboxylic acids is 1. The Balaban J connectivity index is 2.03. The van der Waals surface area contributed by atoms with Crippen LogP contribution in [-0.4, -0.2) is 5.91 Å². The molecule has 0 fully saturated rings. The SMILES string of the molecule is Nc1cc(F)ccc1NC(=O)Cc1cccs1. The quantitative estimate of drug-likeness (QED) is 0.823. The Labute approximate surface area is 102 Å². The fraction of sp³-hybridized carbons (Fsp3) is 0.0833. The van der Waals surface area contributed by atoms with E-state index in [1.54, 1.807) is 0 Å². The normalized spacial score (nSPS) is 10.2. The molecule has 0 saturated carbocycles. The van der Waals surface area contributed by atoms with Crippen LogP contribution >= 0.6 is 11.3 Å². The summed E-state index contributed by atoms with van der Waals surface area (Å²) in [6.07, 6.45) is 0.300. The van der Waals surface area contributed by atoms with Crippen LogP contribution in [0, 0.1) is 5.82 Å². The molecule has 88 valence electrons. The second-order valence-electron chi connectivity index (χ2n) is 3.54. The van der Waals surface area contributed by atoms with Gasteiger partial charge in [-0.1, -0.05) is 6.07 Å². The predicted molar refractivity (Wildman–Crippen MR) is 67.5 cm³/mol. The van der Waals surface area contributed by atoms with Crippen molar-refractivity contribution in [1.82, 2.24) is 0 Å². The minimum absolute atomic E-state index is 0.161. The Morgan fingerprint density at radius 3 is 2.88 bits per heavy atom. The maximum atomic E-state index is 12.8. The Morgan fingerprint density at radius 2 is 2.24 bits per heavy atom. The van der Waals surface area contributed by atoms with E-state index in [0.717, 1.165) is 4.88 Å². The highest BCUT2D eigenvalue weighted by atomic mass is 32.1. The first-order chi connectivity index (χ1) is 8.15. The summed E-state index contributed by atoms with van der Waals surface area (Å²) in [5.41, 5.74) is 6.26. The van der Waals surface area contributed by atoms with Gasteiger partial charge in [-0.05, 0) is 29.6 Å². The third kappa shape index (κ3) is 3.04. The lowest BCUT2D eigenvalue weighted by Gasteiger charge is -2.07. The van der Waals surface area contributed by atoms with Crippen molar-refractivity contribution in [1.29, 1.82) is 0 Å². The molecule has 0 saturated heterocycles. The summed E-state index contributed by atoms with van der Waals surface area (Å²) in [6.45, 7) is 0. The summed E-state index contributed by atoms with van der Waals surface area (Å²) in [5, 5.41) is 4.56. The number of halogens is 1. The molecule has 3 N–H and O–H groups in total. The zero-order valence-corrected chi connectivity index (χ0v) is 9.76. The molecule has 3 nitrogen and oxygen atoms in total. The Hall–Kier alpha value is -1.88. The third-order valence-corrected chi connectivity index (χ3v) is 3.08. The van der Waals surface area contributed by atoms with Crippen LogP contribution in [0.3, 0.4) is 0 Å². The second-order valence-corrected chi connectivity index (χ2v) is 4.57. The number of carbonyl (C=O) groups is 1. The van der Waals surface area contributed by atoms with Gasteiger partial charge in [0.15, 0.2) is 0 Å². The summed E-state index contributed by atoms with van der Waals surface area (Å²) in [7, 11) is 0. The van der Waals surface area contributed by atoms with Gasteiger partial charge in [-0.25, -0.2) is 4.39 Å². The fourth-order valence-electron chi connectivity index (χ4n) is 1.41. The number of anilines is 2. The van der Waals surface area contributed by atoms with Crippen LogP contribution < -0.4 is 11.1 Å². The number of hydrogen-bond donors (Lipinski definition) is 2. The summed E-state index contributed by atoms with van der Waals surface area (Å²) < 4.78 is 12.8. The van der Waals surface area contributed by atoms with Crippen LogP contribution in [0.1, 0.15) is 4.88 Å². The van der Waals surface area contributed by atoms with Gasteiger partial charge in [-0.3, -0.25) is 4.79 Å². The topological polar surface area (TPSA) is 55.1 Å². The van der Waals surface area contributed by atoms with Crippen molar-refractivity contribution in [3.63, 3.8) is 0 Å². The van der Waals surface area contributed by atoms with Crippen molar-refractivity contribution >= 4 is 28.6 Å². The third-order valence-electron chi connectivity index (χ3n) is 2.20. The van der Waals surface area contributed by atoms with Gasteiger partial charge in [-0.15, -0.1) is 11.3 Å². The number of benzene rings is 1. The molecule has 2 rings (SSSR count). The predicted octanol–water partition coefficient (Wildman–Crippen LogP) is 2.65. The molecule has 0 aliphatic carbocycles. The zero-order chi connectivity index (χ0) is 12.3. The average Bonchev–Trinajstić information content (AvgIpc) is 2.75. The summed E-state index contributed by atoms with van der Waals surface area (Å²) >= 11 is 1.52. The molecule has 2 aromatic rings. The summed E-state index contributed by atoms with van der Waals surface area (Å²) in [6, 6.07) is 7.67. The van der Waals surface area contributed by atoms with Gasteiger partial charge in [0, 0.05) is 4.88 Å². The molecule has 0 aliphatic heterocycles. The maximum Gasteiger partial charge on any atom is 0.229 e. The van der Waals surface area contributed by atoms with Gasteiger partial charge in [0.25, 0.3) is 0 Å². The Morgan fingerprint density at radius 1 is 1.41 bits per heavy atom. The van der Waals surface area contributed by atoms with Crippen molar-refractivity contribution in [2.75, 3.05) is 11.1 Å². The lowest BCUT2D eigenvalue weighted by molar-refractivity contribution is -0.115. The second kappa shape index (κ2) is 4.97. The van der Waals surface area contributed by atoms with Crippen molar-refractivity contribution in [2.24, 2.45) is 0 Å². The van der Waals surface area contributed by atoms with Gasteiger partial charge >= 0.3 is 0 Å². The first kappa shape index (κ1) is 11.6. The van der Waals surface area contributed by atoms with Crippen molar-refractivity contribution in [2.45, 2.75) is 6.42 Å². The van der Waals surface area contributed by atoms with Crippen LogP contribution in [0.25, 0.3) is 0 Å². The molecule has 1 aromatic carbocycles. The Kier molecular flexibility index (Phi) is 3.39. The van der Waals surface area contributed by atoms with E-state index in [9.17, 15) is 9.18 Å². The van der Waals surface area contributed by atoms with E-state index in [4.69, 9.17) is 5.73 Å². The van der Waals surface area contributed by atoms with Gasteiger partial charge in [0.1, 0.15) is 5.82 Å². The Bertz CT molecular complexity index is 525. The average molecular weight is 250 g/mol. The van der Waals surface area contributed by atoms with Crippen LogP contribution in [0.2, 0.25) is 0 Å². The van der Waals surface area contributed by atoms with E-state index in [1.807, 2.05) is 17.5 Å². The lowest BCUT2D eigenvalue weighted by Crippen LogP contribution is -2.14. The van der Waals surface area contributed by atoms with E-state index >= 15 is 0 Å². The van der Waals surface area contributed by atoms with Gasteiger partial charge in [0.2, 0.25) is 5.91 Å². The zero-order valence-electron chi connectivity index (χ0n) is 8.94. The van der Waals surface area contributed by atoms with Crippen LogP contribution in [-0.2, 0) is 11.2 Å². The van der Waals surface area contributed by atoms with Crippen LogP contribution in [0.5, 0.6) is 0 Å². The molecular formula is C12H11FN2OS. The number of rotatable bonds is 3. The van der Waals surface area contributed by atoms with Gasteiger partial charge in [-0.2, -0.15) is 0 Å². The first-order valence-electron chi connectivity index (χ1n) is 5.02. The molecule has 1 heterocycles. The number of nitrogens with two attached hydrogens (primary N) is 1. The summed E-state index contributed by atoms with van der Waals surface area (Å²) in [4.78, 5) is 12.6. The number of nitrogen functional groups attached to an aromatic ring is 1. The molecule has 17 heavy (non-hydrogen) atoms. The molecule has 0 spiro atoms.